The molecule has 1 fully saturated rings. The van der Waals surface area contributed by atoms with Crippen molar-refractivity contribution in [1.29, 1.82) is 5.26 Å². The summed E-state index contributed by atoms with van der Waals surface area (Å²) in [6.45, 7) is 8.16. The van der Waals surface area contributed by atoms with Gasteiger partial charge in [0.15, 0.2) is 0 Å². The Morgan fingerprint density at radius 2 is 1.86 bits per heavy atom. The van der Waals surface area contributed by atoms with Crippen LogP contribution in [0.25, 0.3) is 0 Å². The van der Waals surface area contributed by atoms with Crippen LogP contribution in [0.1, 0.15) is 43.6 Å². The van der Waals surface area contributed by atoms with E-state index in [9.17, 15) is 4.79 Å². The monoisotopic (exact) mass is 399 g/mol. The summed E-state index contributed by atoms with van der Waals surface area (Å²) in [7, 11) is 0. The number of nitrogens with zero attached hydrogens (tertiary/aromatic N) is 3. The van der Waals surface area contributed by atoms with Crippen LogP contribution in [-0.4, -0.2) is 28.0 Å². The van der Waals surface area contributed by atoms with Gasteiger partial charge < -0.3 is 15.8 Å². The van der Waals surface area contributed by atoms with Gasteiger partial charge in [-0.1, -0.05) is 39.3 Å². The standard InChI is InChI=1S/C20H22ClN5O2/c1-19(2)16(26-15(27)12-9-24-18(23)25-10-12)20(3,4)17(19)28-13-6-5-11(8-22)14(21)7-13/h5-7,9-10,16-17H,1-4H3,(H,26,27)(H2,23,24,25). The molecule has 3 N–H and O–H groups in total. The van der Waals surface area contributed by atoms with Crippen molar-refractivity contribution in [2.75, 3.05) is 5.73 Å². The van der Waals surface area contributed by atoms with E-state index in [4.69, 9.17) is 27.3 Å². The molecule has 0 saturated heterocycles. The van der Waals surface area contributed by atoms with Crippen molar-refractivity contribution in [2.45, 2.75) is 39.8 Å². The summed E-state index contributed by atoms with van der Waals surface area (Å²) in [4.78, 5) is 20.3. The summed E-state index contributed by atoms with van der Waals surface area (Å²) in [6, 6.07) is 6.90. The minimum absolute atomic E-state index is 0.121. The highest BCUT2D eigenvalue weighted by Gasteiger charge is 2.64. The second-order valence-corrected chi connectivity index (χ2v) is 8.54. The summed E-state index contributed by atoms with van der Waals surface area (Å²) < 4.78 is 6.21. The van der Waals surface area contributed by atoms with Gasteiger partial charge in [0.1, 0.15) is 17.9 Å². The van der Waals surface area contributed by atoms with E-state index in [2.05, 4.69) is 15.3 Å². The molecule has 2 aromatic rings. The lowest BCUT2D eigenvalue weighted by molar-refractivity contribution is -0.164. The second kappa shape index (κ2) is 6.95. The molecule has 0 bridgehead atoms. The van der Waals surface area contributed by atoms with Crippen LogP contribution in [0.5, 0.6) is 5.75 Å². The zero-order valence-corrected chi connectivity index (χ0v) is 16.9. The molecule has 1 aliphatic rings. The van der Waals surface area contributed by atoms with Gasteiger partial charge >= 0.3 is 0 Å². The van der Waals surface area contributed by atoms with E-state index < -0.39 is 0 Å². The second-order valence-electron chi connectivity index (χ2n) is 8.13. The Hall–Kier alpha value is -2.85. The van der Waals surface area contributed by atoms with Gasteiger partial charge in [-0.15, -0.1) is 0 Å². The zero-order chi connectivity index (χ0) is 20.7. The molecule has 1 aromatic heterocycles. The lowest BCUT2D eigenvalue weighted by Crippen LogP contribution is -2.74. The van der Waals surface area contributed by atoms with Crippen molar-refractivity contribution in [3.8, 4) is 11.8 Å². The van der Waals surface area contributed by atoms with E-state index in [1.165, 1.54) is 12.4 Å². The molecule has 0 radical (unpaired) electrons. The third-order valence-electron chi connectivity index (χ3n) is 5.36. The number of hydrogen-bond acceptors (Lipinski definition) is 6. The molecule has 1 aromatic carbocycles. The van der Waals surface area contributed by atoms with E-state index in [1.54, 1.807) is 18.2 Å². The fourth-order valence-corrected chi connectivity index (χ4v) is 4.48. The van der Waals surface area contributed by atoms with E-state index in [-0.39, 0.29) is 34.8 Å². The highest BCUT2D eigenvalue weighted by molar-refractivity contribution is 6.31. The molecule has 28 heavy (non-hydrogen) atoms. The Balaban J connectivity index is 1.76. The lowest BCUT2D eigenvalue weighted by Gasteiger charge is -2.63. The molecule has 1 heterocycles. The van der Waals surface area contributed by atoms with Crippen LogP contribution in [0.2, 0.25) is 5.02 Å². The molecule has 0 atom stereocenters. The largest absolute Gasteiger partial charge is 0.489 e. The lowest BCUT2D eigenvalue weighted by atomic mass is 9.49. The number of benzene rings is 1. The maximum absolute atomic E-state index is 12.6. The van der Waals surface area contributed by atoms with Crippen LogP contribution in [-0.2, 0) is 0 Å². The molecular formula is C20H22ClN5O2. The number of hydrogen-bond donors (Lipinski definition) is 2. The Morgan fingerprint density at radius 3 is 2.39 bits per heavy atom. The fraction of sp³-hybridized carbons (Fsp3) is 0.400. The van der Waals surface area contributed by atoms with E-state index in [1.807, 2.05) is 33.8 Å². The number of halogens is 1. The summed E-state index contributed by atoms with van der Waals surface area (Å²) in [5, 5.41) is 12.4. The van der Waals surface area contributed by atoms with Crippen LogP contribution in [0.15, 0.2) is 30.6 Å². The Morgan fingerprint density at radius 1 is 1.25 bits per heavy atom. The molecule has 146 valence electrons. The molecule has 1 saturated carbocycles. The van der Waals surface area contributed by atoms with Crippen LogP contribution in [0.3, 0.4) is 0 Å². The topological polar surface area (TPSA) is 114 Å². The number of ether oxygens (including phenoxy) is 1. The number of carbonyl (C=O) groups excluding carboxylic acids is 1. The van der Waals surface area contributed by atoms with Gasteiger partial charge in [-0.2, -0.15) is 5.26 Å². The Labute approximate surface area is 168 Å². The number of anilines is 1. The van der Waals surface area contributed by atoms with Crippen LogP contribution >= 0.6 is 11.6 Å². The molecule has 7 nitrogen and oxygen atoms in total. The van der Waals surface area contributed by atoms with Gasteiger partial charge in [-0.05, 0) is 12.1 Å². The van der Waals surface area contributed by atoms with Crippen LogP contribution in [0, 0.1) is 22.2 Å². The first kappa shape index (κ1) is 19.9. The molecule has 0 aliphatic heterocycles. The van der Waals surface area contributed by atoms with Gasteiger partial charge in [-0.25, -0.2) is 9.97 Å². The van der Waals surface area contributed by atoms with Gasteiger partial charge in [0.2, 0.25) is 5.95 Å². The Bertz CT molecular complexity index is 934. The first-order valence-corrected chi connectivity index (χ1v) is 9.20. The third kappa shape index (κ3) is 3.36. The van der Waals surface area contributed by atoms with Crippen molar-refractivity contribution in [3.05, 3.63) is 46.7 Å². The fourth-order valence-electron chi connectivity index (χ4n) is 4.27. The van der Waals surface area contributed by atoms with Crippen molar-refractivity contribution in [2.24, 2.45) is 10.8 Å². The molecule has 8 heteroatoms. The van der Waals surface area contributed by atoms with Crippen molar-refractivity contribution in [3.63, 3.8) is 0 Å². The Kier molecular flexibility index (Phi) is 4.94. The van der Waals surface area contributed by atoms with Gasteiger partial charge in [-0.3, -0.25) is 4.79 Å². The van der Waals surface area contributed by atoms with Crippen molar-refractivity contribution < 1.29 is 9.53 Å². The van der Waals surface area contributed by atoms with Gasteiger partial charge in [0, 0.05) is 35.3 Å². The molecule has 1 aliphatic carbocycles. The summed E-state index contributed by atoms with van der Waals surface area (Å²) >= 11 is 6.11. The third-order valence-corrected chi connectivity index (χ3v) is 5.68. The SMILES string of the molecule is CC1(C)C(NC(=O)c2cnc(N)nc2)C(C)(C)C1Oc1ccc(C#N)c(Cl)c1. The molecule has 3 rings (SSSR count). The highest BCUT2D eigenvalue weighted by Crippen LogP contribution is 2.55. The number of amides is 1. The first-order chi connectivity index (χ1) is 13.1. The van der Waals surface area contributed by atoms with E-state index >= 15 is 0 Å². The highest BCUT2D eigenvalue weighted by atomic mass is 35.5. The predicted molar refractivity (Wildman–Crippen MR) is 106 cm³/mol. The summed E-state index contributed by atoms with van der Waals surface area (Å²) in [5.74, 6) is 0.452. The van der Waals surface area contributed by atoms with E-state index in [0.29, 0.717) is 21.9 Å². The average molecular weight is 400 g/mol. The molecular weight excluding hydrogens is 378 g/mol. The first-order valence-electron chi connectivity index (χ1n) is 8.82. The number of nitrogen functional groups attached to an aromatic ring is 1. The van der Waals surface area contributed by atoms with Crippen LogP contribution in [0.4, 0.5) is 5.95 Å². The molecule has 0 unspecified atom stereocenters. The molecule has 1 amide bonds. The van der Waals surface area contributed by atoms with Crippen molar-refractivity contribution >= 4 is 23.5 Å². The average Bonchev–Trinajstić information content (AvgIpc) is 2.64. The number of aromatic nitrogens is 2. The zero-order valence-electron chi connectivity index (χ0n) is 16.2. The minimum Gasteiger partial charge on any atom is -0.489 e. The van der Waals surface area contributed by atoms with Gasteiger partial charge in [0.05, 0.1) is 16.1 Å². The van der Waals surface area contributed by atoms with E-state index in [0.717, 1.165) is 0 Å². The van der Waals surface area contributed by atoms with Crippen molar-refractivity contribution in [1.82, 2.24) is 15.3 Å². The number of rotatable bonds is 4. The minimum atomic E-state index is -0.339. The summed E-state index contributed by atoms with van der Waals surface area (Å²) in [5.41, 5.74) is 5.55. The number of nitriles is 1. The van der Waals surface area contributed by atoms with Crippen LogP contribution < -0.4 is 15.8 Å². The number of nitrogens with one attached hydrogen (secondary N) is 1. The number of carbonyl (C=O) groups is 1. The van der Waals surface area contributed by atoms with Gasteiger partial charge in [0.25, 0.3) is 5.91 Å². The smallest absolute Gasteiger partial charge is 0.254 e. The summed E-state index contributed by atoms with van der Waals surface area (Å²) in [6.07, 6.45) is 2.64. The maximum atomic E-state index is 12.6. The predicted octanol–water partition coefficient (Wildman–Crippen LogP) is 3.20. The molecule has 0 spiro atoms. The normalized spacial score (nSPS) is 21.9. The quantitative estimate of drug-likeness (QED) is 0.815. The maximum Gasteiger partial charge on any atom is 0.254 e. The number of nitrogens with two attached hydrogens (primary N) is 1.